The molecule has 7 heteroatoms. The molecule has 0 saturated carbocycles. The lowest BCUT2D eigenvalue weighted by molar-refractivity contribution is -0.123. The molecule has 1 unspecified atom stereocenters. The lowest BCUT2D eigenvalue weighted by atomic mass is 10.2. The first-order valence-electron chi connectivity index (χ1n) is 8.62. The Morgan fingerprint density at radius 3 is 2.48 bits per heavy atom. The minimum Gasteiger partial charge on any atom is -0.449 e. The molecule has 0 aliphatic carbocycles. The van der Waals surface area contributed by atoms with E-state index in [0.717, 1.165) is 12.1 Å². The van der Waals surface area contributed by atoms with Crippen LogP contribution in [0.15, 0.2) is 48.5 Å². The molecule has 3 rings (SSSR count). The largest absolute Gasteiger partial charge is 0.449 e. The van der Waals surface area contributed by atoms with Crippen molar-refractivity contribution in [2.45, 2.75) is 25.9 Å². The summed E-state index contributed by atoms with van der Waals surface area (Å²) in [7, 11) is 0. The van der Waals surface area contributed by atoms with Crippen molar-refractivity contribution in [2.75, 3.05) is 16.8 Å². The van der Waals surface area contributed by atoms with Crippen LogP contribution in [0.5, 0.6) is 0 Å². The Balaban J connectivity index is 1.60. The van der Waals surface area contributed by atoms with E-state index in [-0.39, 0.29) is 17.2 Å². The number of amides is 2. The second kappa shape index (κ2) is 7.99. The quantitative estimate of drug-likeness (QED) is 0.821. The molecule has 6 nitrogen and oxygen atoms in total. The molecule has 0 bridgehead atoms. The third-order valence-corrected chi connectivity index (χ3v) is 4.27. The van der Waals surface area contributed by atoms with Gasteiger partial charge < -0.3 is 15.0 Å². The highest BCUT2D eigenvalue weighted by molar-refractivity contribution is 5.98. The molecule has 1 fully saturated rings. The Morgan fingerprint density at radius 2 is 1.85 bits per heavy atom. The van der Waals surface area contributed by atoms with Gasteiger partial charge in [0.05, 0.1) is 11.3 Å². The van der Waals surface area contributed by atoms with Crippen LogP contribution >= 0.6 is 0 Å². The van der Waals surface area contributed by atoms with Gasteiger partial charge in [0.2, 0.25) is 5.91 Å². The van der Waals surface area contributed by atoms with Crippen molar-refractivity contribution in [3.05, 3.63) is 59.9 Å². The normalized spacial score (nSPS) is 14.7. The van der Waals surface area contributed by atoms with E-state index in [4.69, 9.17) is 4.74 Å². The monoisotopic (exact) mass is 370 g/mol. The minimum absolute atomic E-state index is 0.0185. The maximum absolute atomic E-state index is 13.6. The molecule has 2 amide bonds. The molecule has 1 heterocycles. The second-order valence-electron chi connectivity index (χ2n) is 6.21. The standard InChI is InChI=1S/C20H19FN2O4/c1-13(19(25)22-17-6-3-2-5-16(17)21)27-20(26)14-8-10-15(11-9-14)23-12-4-7-18(23)24/h2-3,5-6,8-11,13H,4,7,12H2,1H3,(H,22,25). The molecule has 1 aliphatic rings. The lowest BCUT2D eigenvalue weighted by Gasteiger charge is -2.16. The molecule has 1 saturated heterocycles. The molecule has 140 valence electrons. The highest BCUT2D eigenvalue weighted by Gasteiger charge is 2.23. The molecule has 1 atom stereocenters. The van der Waals surface area contributed by atoms with Gasteiger partial charge in [0.1, 0.15) is 5.82 Å². The van der Waals surface area contributed by atoms with Crippen LogP contribution in [0.3, 0.4) is 0 Å². The molecular formula is C20H19FN2O4. The Kier molecular flexibility index (Phi) is 5.49. The van der Waals surface area contributed by atoms with E-state index in [1.807, 2.05) is 0 Å². The minimum atomic E-state index is -1.10. The summed E-state index contributed by atoms with van der Waals surface area (Å²) in [6.45, 7) is 2.07. The number of ether oxygens (including phenoxy) is 1. The van der Waals surface area contributed by atoms with Crippen LogP contribution < -0.4 is 10.2 Å². The van der Waals surface area contributed by atoms with Crippen molar-refractivity contribution in [1.82, 2.24) is 0 Å². The van der Waals surface area contributed by atoms with E-state index in [1.54, 1.807) is 35.2 Å². The summed E-state index contributed by atoms with van der Waals surface area (Å²) in [6, 6.07) is 12.2. The third kappa shape index (κ3) is 4.31. The number of hydrogen-bond donors (Lipinski definition) is 1. The summed E-state index contributed by atoms with van der Waals surface area (Å²) in [6.07, 6.45) is 0.243. The van der Waals surface area contributed by atoms with Crippen molar-refractivity contribution in [3.8, 4) is 0 Å². The number of benzene rings is 2. The molecule has 0 spiro atoms. The number of anilines is 2. The SMILES string of the molecule is CC(OC(=O)c1ccc(N2CCCC2=O)cc1)C(=O)Nc1ccccc1F. The van der Waals surface area contributed by atoms with Gasteiger partial charge >= 0.3 is 5.97 Å². The van der Waals surface area contributed by atoms with Gasteiger partial charge in [0.25, 0.3) is 5.91 Å². The maximum Gasteiger partial charge on any atom is 0.338 e. The Hall–Kier alpha value is -3.22. The summed E-state index contributed by atoms with van der Waals surface area (Å²) in [5.41, 5.74) is 1.00. The Labute approximate surface area is 155 Å². The average Bonchev–Trinajstić information content (AvgIpc) is 3.09. The fourth-order valence-electron chi connectivity index (χ4n) is 2.78. The average molecular weight is 370 g/mol. The maximum atomic E-state index is 13.6. The van der Waals surface area contributed by atoms with E-state index in [0.29, 0.717) is 13.0 Å². The summed E-state index contributed by atoms with van der Waals surface area (Å²) in [5.74, 6) is -1.82. The van der Waals surface area contributed by atoms with Crippen LogP contribution in [0.1, 0.15) is 30.1 Å². The Bertz CT molecular complexity index is 867. The first-order valence-corrected chi connectivity index (χ1v) is 8.62. The third-order valence-electron chi connectivity index (χ3n) is 4.27. The van der Waals surface area contributed by atoms with Gasteiger partial charge in [-0.05, 0) is 49.7 Å². The van der Waals surface area contributed by atoms with Crippen LogP contribution in [0, 0.1) is 5.82 Å². The first-order chi connectivity index (χ1) is 13.0. The van der Waals surface area contributed by atoms with Gasteiger partial charge in [-0.2, -0.15) is 0 Å². The highest BCUT2D eigenvalue weighted by Crippen LogP contribution is 2.22. The van der Waals surface area contributed by atoms with Crippen molar-refractivity contribution < 1.29 is 23.5 Å². The number of para-hydroxylation sites is 1. The van der Waals surface area contributed by atoms with E-state index < -0.39 is 23.8 Å². The van der Waals surface area contributed by atoms with Gasteiger partial charge in [-0.15, -0.1) is 0 Å². The summed E-state index contributed by atoms with van der Waals surface area (Å²) >= 11 is 0. The van der Waals surface area contributed by atoms with E-state index in [1.165, 1.54) is 25.1 Å². The fourth-order valence-corrected chi connectivity index (χ4v) is 2.78. The zero-order valence-electron chi connectivity index (χ0n) is 14.8. The topological polar surface area (TPSA) is 75.7 Å². The van der Waals surface area contributed by atoms with E-state index in [9.17, 15) is 18.8 Å². The van der Waals surface area contributed by atoms with E-state index in [2.05, 4.69) is 5.32 Å². The molecular weight excluding hydrogens is 351 g/mol. The number of nitrogens with one attached hydrogen (secondary N) is 1. The van der Waals surface area contributed by atoms with Crippen LogP contribution in [-0.2, 0) is 14.3 Å². The number of nitrogens with zero attached hydrogens (tertiary/aromatic N) is 1. The van der Waals surface area contributed by atoms with Gasteiger partial charge in [0, 0.05) is 18.7 Å². The molecule has 1 N–H and O–H groups in total. The number of rotatable bonds is 5. The summed E-state index contributed by atoms with van der Waals surface area (Å²) in [4.78, 5) is 37.7. The summed E-state index contributed by atoms with van der Waals surface area (Å²) in [5, 5.41) is 2.38. The van der Waals surface area contributed by atoms with Crippen LogP contribution in [-0.4, -0.2) is 30.4 Å². The molecule has 0 radical (unpaired) electrons. The van der Waals surface area contributed by atoms with Crippen LogP contribution in [0.2, 0.25) is 0 Å². The number of esters is 1. The van der Waals surface area contributed by atoms with Crippen LogP contribution in [0.25, 0.3) is 0 Å². The van der Waals surface area contributed by atoms with Crippen molar-refractivity contribution in [2.24, 2.45) is 0 Å². The van der Waals surface area contributed by atoms with E-state index >= 15 is 0 Å². The Morgan fingerprint density at radius 1 is 1.15 bits per heavy atom. The predicted molar refractivity (Wildman–Crippen MR) is 97.9 cm³/mol. The molecule has 1 aliphatic heterocycles. The number of carbonyl (C=O) groups is 3. The number of halogens is 1. The number of hydrogen-bond acceptors (Lipinski definition) is 4. The van der Waals surface area contributed by atoms with Crippen molar-refractivity contribution in [3.63, 3.8) is 0 Å². The van der Waals surface area contributed by atoms with Crippen molar-refractivity contribution in [1.29, 1.82) is 0 Å². The summed E-state index contributed by atoms with van der Waals surface area (Å²) < 4.78 is 18.7. The zero-order chi connectivity index (χ0) is 19.4. The molecule has 0 aromatic heterocycles. The van der Waals surface area contributed by atoms with Crippen LogP contribution in [0.4, 0.5) is 15.8 Å². The molecule has 2 aromatic carbocycles. The zero-order valence-corrected chi connectivity index (χ0v) is 14.8. The van der Waals surface area contributed by atoms with Gasteiger partial charge in [-0.1, -0.05) is 12.1 Å². The lowest BCUT2D eigenvalue weighted by Crippen LogP contribution is -2.30. The highest BCUT2D eigenvalue weighted by atomic mass is 19.1. The number of carbonyl (C=O) groups excluding carboxylic acids is 3. The predicted octanol–water partition coefficient (Wildman–Crippen LogP) is 3.14. The fraction of sp³-hybridized carbons (Fsp3) is 0.250. The van der Waals surface area contributed by atoms with Gasteiger partial charge in [0.15, 0.2) is 6.10 Å². The van der Waals surface area contributed by atoms with Crippen molar-refractivity contribution >= 4 is 29.2 Å². The molecule has 27 heavy (non-hydrogen) atoms. The van der Waals surface area contributed by atoms with Gasteiger partial charge in [-0.3, -0.25) is 9.59 Å². The smallest absolute Gasteiger partial charge is 0.338 e. The molecule has 2 aromatic rings. The van der Waals surface area contributed by atoms with Gasteiger partial charge in [-0.25, -0.2) is 9.18 Å². The second-order valence-corrected chi connectivity index (χ2v) is 6.21. The first kappa shape index (κ1) is 18.6.